The summed E-state index contributed by atoms with van der Waals surface area (Å²) in [6.45, 7) is 2.30. The molecule has 172 valence electrons. The summed E-state index contributed by atoms with van der Waals surface area (Å²) >= 11 is 0. The Hall–Kier alpha value is -4.60. The van der Waals surface area contributed by atoms with E-state index in [1.54, 1.807) is 48.5 Å². The Morgan fingerprint density at radius 3 is 2.56 bits per heavy atom. The summed E-state index contributed by atoms with van der Waals surface area (Å²) in [5.41, 5.74) is 1.72. The van der Waals surface area contributed by atoms with Gasteiger partial charge < -0.3 is 15.4 Å². The third-order valence-electron chi connectivity index (χ3n) is 4.69. The Morgan fingerprint density at radius 1 is 1.00 bits per heavy atom. The molecule has 0 aliphatic rings. The molecule has 1 heterocycles. The molecule has 0 atom stereocenters. The number of amides is 2. The van der Waals surface area contributed by atoms with Crippen LogP contribution in [-0.2, 0) is 11.3 Å². The lowest BCUT2D eigenvalue weighted by Crippen LogP contribution is -2.20. The van der Waals surface area contributed by atoms with Crippen LogP contribution in [0, 0.1) is 5.82 Å². The summed E-state index contributed by atoms with van der Waals surface area (Å²) in [6.07, 6.45) is 0. The fraction of sp³-hybridized carbons (Fsp3) is 0.125. The van der Waals surface area contributed by atoms with Crippen molar-refractivity contribution < 1.29 is 18.7 Å². The highest BCUT2D eigenvalue weighted by Crippen LogP contribution is 2.25. The normalized spacial score (nSPS) is 10.5. The molecule has 3 aromatic carbocycles. The Morgan fingerprint density at radius 2 is 1.79 bits per heavy atom. The van der Waals surface area contributed by atoms with Gasteiger partial charge in [0.25, 0.3) is 5.91 Å². The molecular weight excluding hydrogens is 439 g/mol. The van der Waals surface area contributed by atoms with Gasteiger partial charge in [-0.1, -0.05) is 18.2 Å². The van der Waals surface area contributed by atoms with Crippen LogP contribution in [-0.4, -0.2) is 38.6 Å². The molecule has 0 unspecified atom stereocenters. The molecule has 2 amide bonds. The van der Waals surface area contributed by atoms with Crippen LogP contribution in [0.15, 0.2) is 72.8 Å². The maximum absolute atomic E-state index is 13.5. The highest BCUT2D eigenvalue weighted by Gasteiger charge is 2.15. The van der Waals surface area contributed by atoms with Gasteiger partial charge in [-0.3, -0.25) is 9.59 Å². The van der Waals surface area contributed by atoms with Crippen molar-refractivity contribution in [1.29, 1.82) is 0 Å². The molecule has 34 heavy (non-hydrogen) atoms. The Balaban J connectivity index is 1.43. The van der Waals surface area contributed by atoms with Gasteiger partial charge >= 0.3 is 0 Å². The van der Waals surface area contributed by atoms with E-state index < -0.39 is 11.7 Å². The first-order chi connectivity index (χ1) is 16.5. The van der Waals surface area contributed by atoms with Crippen molar-refractivity contribution in [3.05, 3.63) is 84.2 Å². The number of aromatic nitrogens is 4. The van der Waals surface area contributed by atoms with Crippen LogP contribution in [0.1, 0.15) is 17.3 Å². The number of para-hydroxylation sites is 1. The van der Waals surface area contributed by atoms with Gasteiger partial charge in [-0.2, -0.15) is 4.80 Å². The lowest BCUT2D eigenvalue weighted by molar-refractivity contribution is -0.117. The minimum atomic E-state index is -0.506. The van der Waals surface area contributed by atoms with Gasteiger partial charge in [-0.15, -0.1) is 10.2 Å². The van der Waals surface area contributed by atoms with E-state index in [0.29, 0.717) is 29.3 Å². The molecule has 0 saturated carbocycles. The van der Waals surface area contributed by atoms with Crippen molar-refractivity contribution in [3.8, 4) is 17.1 Å². The number of carbonyl (C=O) groups is 2. The molecular formula is C24H21FN6O3. The fourth-order valence-corrected chi connectivity index (χ4v) is 3.16. The predicted octanol–water partition coefficient (Wildman–Crippen LogP) is 3.77. The van der Waals surface area contributed by atoms with Gasteiger partial charge in [0.15, 0.2) is 0 Å². The van der Waals surface area contributed by atoms with Crippen molar-refractivity contribution in [1.82, 2.24) is 20.2 Å². The van der Waals surface area contributed by atoms with Crippen LogP contribution >= 0.6 is 0 Å². The number of ether oxygens (including phenoxy) is 1. The van der Waals surface area contributed by atoms with E-state index in [4.69, 9.17) is 4.74 Å². The highest BCUT2D eigenvalue weighted by atomic mass is 19.1. The smallest absolute Gasteiger partial charge is 0.255 e. The number of nitrogens with one attached hydrogen (secondary N) is 2. The van der Waals surface area contributed by atoms with Crippen LogP contribution in [0.5, 0.6) is 5.75 Å². The minimum absolute atomic E-state index is 0.155. The summed E-state index contributed by atoms with van der Waals surface area (Å²) in [7, 11) is 0. The first kappa shape index (κ1) is 22.6. The summed E-state index contributed by atoms with van der Waals surface area (Å²) in [6, 6.07) is 19.3. The molecule has 0 saturated heterocycles. The van der Waals surface area contributed by atoms with Gasteiger partial charge in [0.05, 0.1) is 12.3 Å². The Kier molecular flexibility index (Phi) is 6.87. The molecule has 4 aromatic rings. The second-order valence-electron chi connectivity index (χ2n) is 7.16. The molecule has 0 fully saturated rings. The maximum Gasteiger partial charge on any atom is 0.255 e. The van der Waals surface area contributed by atoms with Crippen LogP contribution in [0.3, 0.4) is 0 Å². The van der Waals surface area contributed by atoms with Crippen molar-refractivity contribution in [2.75, 3.05) is 17.2 Å². The molecule has 10 heteroatoms. The molecule has 0 aliphatic heterocycles. The van der Waals surface area contributed by atoms with Crippen molar-refractivity contribution in [2.45, 2.75) is 13.5 Å². The number of rotatable bonds is 8. The van der Waals surface area contributed by atoms with Crippen LogP contribution in [0.2, 0.25) is 0 Å². The third-order valence-corrected chi connectivity index (χ3v) is 4.69. The zero-order valence-corrected chi connectivity index (χ0v) is 18.2. The van der Waals surface area contributed by atoms with E-state index in [0.717, 1.165) is 10.9 Å². The van der Waals surface area contributed by atoms with Crippen LogP contribution < -0.4 is 15.4 Å². The zero-order valence-electron chi connectivity index (χ0n) is 18.2. The van der Waals surface area contributed by atoms with Gasteiger partial charge in [-0.05, 0) is 66.7 Å². The summed E-state index contributed by atoms with van der Waals surface area (Å²) in [4.78, 5) is 26.1. The number of tetrazole rings is 1. The SMILES string of the molecule is CCOc1ccc(NC(=O)Cn2nnc(-c3ccccc3NC(=O)c3cccc(F)c3)n2)cc1. The van der Waals surface area contributed by atoms with E-state index in [9.17, 15) is 14.0 Å². The summed E-state index contributed by atoms with van der Waals surface area (Å²) in [5, 5.41) is 17.7. The number of benzene rings is 3. The molecule has 4 rings (SSSR count). The number of carbonyl (C=O) groups excluding carboxylic acids is 2. The molecule has 2 N–H and O–H groups in total. The van der Waals surface area contributed by atoms with Crippen LogP contribution in [0.4, 0.5) is 15.8 Å². The van der Waals surface area contributed by atoms with E-state index in [-0.39, 0.29) is 23.8 Å². The summed E-state index contributed by atoms with van der Waals surface area (Å²) < 4.78 is 18.8. The minimum Gasteiger partial charge on any atom is -0.494 e. The second-order valence-corrected chi connectivity index (χ2v) is 7.16. The van der Waals surface area contributed by atoms with Crippen molar-refractivity contribution in [3.63, 3.8) is 0 Å². The molecule has 9 nitrogen and oxygen atoms in total. The van der Waals surface area contributed by atoms with Crippen molar-refractivity contribution in [2.24, 2.45) is 0 Å². The quantitative estimate of drug-likeness (QED) is 0.414. The molecule has 1 aromatic heterocycles. The number of hydrogen-bond donors (Lipinski definition) is 2. The standard InChI is InChI=1S/C24H21FN6O3/c1-2-34-19-12-10-18(11-13-19)26-22(32)15-31-29-23(28-30-31)20-8-3-4-9-21(20)27-24(33)16-6-5-7-17(25)14-16/h3-14H,2,15H2,1H3,(H,26,32)(H,27,33). The second kappa shape index (κ2) is 10.3. The van der Waals surface area contributed by atoms with Gasteiger partial charge in [0, 0.05) is 16.8 Å². The number of hydrogen-bond acceptors (Lipinski definition) is 6. The lowest BCUT2D eigenvalue weighted by atomic mass is 10.1. The maximum atomic E-state index is 13.5. The monoisotopic (exact) mass is 460 g/mol. The Labute approximate surface area is 194 Å². The fourth-order valence-electron chi connectivity index (χ4n) is 3.16. The molecule has 0 spiro atoms. The average Bonchev–Trinajstić information content (AvgIpc) is 3.29. The first-order valence-electron chi connectivity index (χ1n) is 10.5. The summed E-state index contributed by atoms with van der Waals surface area (Å²) in [5.74, 6) is -0.376. The topological polar surface area (TPSA) is 111 Å². The predicted molar refractivity (Wildman–Crippen MR) is 124 cm³/mol. The third kappa shape index (κ3) is 5.60. The zero-order chi connectivity index (χ0) is 23.9. The molecule has 0 radical (unpaired) electrons. The van der Waals surface area contributed by atoms with E-state index in [1.807, 2.05) is 6.92 Å². The van der Waals surface area contributed by atoms with Gasteiger partial charge in [0.1, 0.15) is 18.1 Å². The molecule has 0 aliphatic carbocycles. The van der Waals surface area contributed by atoms with E-state index in [2.05, 4.69) is 26.0 Å². The van der Waals surface area contributed by atoms with Gasteiger partial charge in [0.2, 0.25) is 11.7 Å². The van der Waals surface area contributed by atoms with E-state index >= 15 is 0 Å². The highest BCUT2D eigenvalue weighted by molar-refractivity contribution is 6.06. The first-order valence-corrected chi connectivity index (χ1v) is 10.5. The molecule has 0 bridgehead atoms. The number of halogens is 1. The Bertz CT molecular complexity index is 1310. The van der Waals surface area contributed by atoms with Crippen molar-refractivity contribution >= 4 is 23.2 Å². The van der Waals surface area contributed by atoms with Gasteiger partial charge in [-0.25, -0.2) is 4.39 Å². The lowest BCUT2D eigenvalue weighted by Gasteiger charge is -2.09. The van der Waals surface area contributed by atoms with Crippen LogP contribution in [0.25, 0.3) is 11.4 Å². The average molecular weight is 460 g/mol. The number of nitrogens with zero attached hydrogens (tertiary/aromatic N) is 4. The number of anilines is 2. The largest absolute Gasteiger partial charge is 0.494 e. The van der Waals surface area contributed by atoms with E-state index in [1.165, 1.54) is 18.2 Å².